The maximum atomic E-state index is 12.0. The summed E-state index contributed by atoms with van der Waals surface area (Å²) >= 11 is 0. The number of aromatic amines is 1. The molecule has 1 aliphatic rings. The number of benzene rings is 1. The Morgan fingerprint density at radius 2 is 1.85 bits per heavy atom. The van der Waals surface area contributed by atoms with Crippen LogP contribution in [0.2, 0.25) is 0 Å². The predicted molar refractivity (Wildman–Crippen MR) is 96.0 cm³/mol. The van der Waals surface area contributed by atoms with Crippen LogP contribution in [-0.2, 0) is 20.7 Å². The van der Waals surface area contributed by atoms with Crippen molar-refractivity contribution >= 4 is 28.7 Å². The highest BCUT2D eigenvalue weighted by Crippen LogP contribution is 2.17. The zero-order valence-corrected chi connectivity index (χ0v) is 14.6. The molecule has 1 aromatic heterocycles. The number of carbonyl (C=O) groups excluding carboxylic acids is 3. The summed E-state index contributed by atoms with van der Waals surface area (Å²) in [6.07, 6.45) is 3.71. The lowest BCUT2D eigenvalue weighted by molar-refractivity contribution is -0.147. The molecule has 0 bridgehead atoms. The summed E-state index contributed by atoms with van der Waals surface area (Å²) in [5, 5.41) is 12.0. The van der Waals surface area contributed by atoms with Gasteiger partial charge in [-0.25, -0.2) is 9.89 Å². The molecule has 0 radical (unpaired) electrons. The van der Waals surface area contributed by atoms with Gasteiger partial charge in [0.25, 0.3) is 11.5 Å². The summed E-state index contributed by atoms with van der Waals surface area (Å²) in [6.45, 7) is -0.571. The number of rotatable bonds is 5. The first-order valence-corrected chi connectivity index (χ1v) is 8.75. The van der Waals surface area contributed by atoms with Gasteiger partial charge in [-0.2, -0.15) is 5.10 Å². The standard InChI is InChI=1S/C18H20N4O5/c23-15(20-18(26)19-11-5-1-2-6-11)10-27-16(24)9-14-12-7-3-4-8-13(12)17(25)22-21-14/h3-4,7-8,11H,1-2,5-6,9-10H2,(H,22,25)(H2,19,20,23,26). The van der Waals surface area contributed by atoms with Gasteiger partial charge >= 0.3 is 12.0 Å². The fourth-order valence-corrected chi connectivity index (χ4v) is 3.09. The number of amides is 3. The van der Waals surface area contributed by atoms with Crippen molar-refractivity contribution in [1.82, 2.24) is 20.8 Å². The number of nitrogens with zero attached hydrogens (tertiary/aromatic N) is 1. The SMILES string of the molecule is O=C(COC(=O)Cc1n[nH]c(=O)c2ccccc12)NC(=O)NC1CCCC1. The Balaban J connectivity index is 1.49. The molecule has 1 aliphatic carbocycles. The topological polar surface area (TPSA) is 130 Å². The number of urea groups is 1. The average molecular weight is 372 g/mol. The van der Waals surface area contributed by atoms with Crippen LogP contribution in [0.1, 0.15) is 31.4 Å². The largest absolute Gasteiger partial charge is 0.455 e. The van der Waals surface area contributed by atoms with Crippen LogP contribution in [0.4, 0.5) is 4.79 Å². The lowest BCUT2D eigenvalue weighted by Gasteiger charge is -2.12. The molecule has 1 aromatic carbocycles. The number of esters is 1. The van der Waals surface area contributed by atoms with Gasteiger partial charge in [-0.05, 0) is 18.9 Å². The summed E-state index contributed by atoms with van der Waals surface area (Å²) in [5.41, 5.74) is -0.00930. The van der Waals surface area contributed by atoms with Crippen LogP contribution >= 0.6 is 0 Å². The van der Waals surface area contributed by atoms with Gasteiger partial charge in [-0.15, -0.1) is 0 Å². The Labute approximate surface area is 154 Å². The van der Waals surface area contributed by atoms with Gasteiger partial charge in [0.15, 0.2) is 6.61 Å². The third-order valence-corrected chi connectivity index (χ3v) is 4.39. The first kappa shape index (κ1) is 18.6. The molecule has 0 aliphatic heterocycles. The highest BCUT2D eigenvalue weighted by molar-refractivity contribution is 5.95. The van der Waals surface area contributed by atoms with Crippen LogP contribution in [0, 0.1) is 0 Å². The van der Waals surface area contributed by atoms with E-state index in [1.54, 1.807) is 24.3 Å². The van der Waals surface area contributed by atoms with Crippen LogP contribution in [0.5, 0.6) is 0 Å². The molecule has 0 atom stereocenters. The van der Waals surface area contributed by atoms with Crippen molar-refractivity contribution in [2.24, 2.45) is 0 Å². The average Bonchev–Trinajstić information content (AvgIpc) is 3.15. The van der Waals surface area contributed by atoms with Gasteiger partial charge in [0.2, 0.25) is 0 Å². The molecule has 0 saturated heterocycles. The molecular formula is C18H20N4O5. The van der Waals surface area contributed by atoms with Crippen LogP contribution in [0.3, 0.4) is 0 Å². The molecule has 3 amide bonds. The molecule has 1 fully saturated rings. The molecule has 142 valence electrons. The zero-order valence-electron chi connectivity index (χ0n) is 14.6. The molecule has 2 aromatic rings. The number of nitrogens with one attached hydrogen (secondary N) is 3. The predicted octanol–water partition coefficient (Wildman–Crippen LogP) is 0.777. The van der Waals surface area contributed by atoms with E-state index >= 15 is 0 Å². The molecular weight excluding hydrogens is 352 g/mol. The number of ether oxygens (including phenoxy) is 1. The smallest absolute Gasteiger partial charge is 0.321 e. The molecule has 0 spiro atoms. The van der Waals surface area contributed by atoms with E-state index in [4.69, 9.17) is 4.74 Å². The van der Waals surface area contributed by atoms with Gasteiger partial charge in [0, 0.05) is 11.4 Å². The number of hydrogen-bond donors (Lipinski definition) is 3. The third kappa shape index (κ3) is 4.90. The van der Waals surface area contributed by atoms with E-state index in [-0.39, 0.29) is 18.0 Å². The van der Waals surface area contributed by atoms with Gasteiger partial charge < -0.3 is 10.1 Å². The van der Waals surface area contributed by atoms with Crippen molar-refractivity contribution < 1.29 is 19.1 Å². The molecule has 0 unspecified atom stereocenters. The van der Waals surface area contributed by atoms with Gasteiger partial charge in [0.05, 0.1) is 17.5 Å². The van der Waals surface area contributed by atoms with Crippen molar-refractivity contribution in [2.75, 3.05) is 6.61 Å². The zero-order chi connectivity index (χ0) is 19.2. The summed E-state index contributed by atoms with van der Waals surface area (Å²) in [5.74, 6) is -1.40. The molecule has 1 heterocycles. The van der Waals surface area contributed by atoms with Crippen LogP contribution in [-0.4, -0.2) is 40.8 Å². The van der Waals surface area contributed by atoms with Gasteiger partial charge in [-0.3, -0.25) is 19.7 Å². The number of H-pyrrole nitrogens is 1. The van der Waals surface area contributed by atoms with E-state index in [0.29, 0.717) is 16.5 Å². The normalized spacial score (nSPS) is 14.1. The lowest BCUT2D eigenvalue weighted by Crippen LogP contribution is -2.45. The number of fused-ring (bicyclic) bond motifs is 1. The van der Waals surface area contributed by atoms with E-state index in [0.717, 1.165) is 25.7 Å². The summed E-state index contributed by atoms with van der Waals surface area (Å²) in [7, 11) is 0. The van der Waals surface area contributed by atoms with Gasteiger partial charge in [-0.1, -0.05) is 31.0 Å². The van der Waals surface area contributed by atoms with Crippen LogP contribution < -0.4 is 16.2 Å². The Morgan fingerprint density at radius 3 is 2.59 bits per heavy atom. The van der Waals surface area contributed by atoms with Crippen molar-refractivity contribution in [3.05, 3.63) is 40.3 Å². The first-order valence-electron chi connectivity index (χ1n) is 8.75. The number of aromatic nitrogens is 2. The minimum atomic E-state index is -0.710. The summed E-state index contributed by atoms with van der Waals surface area (Å²) in [6, 6.07) is 6.24. The fourth-order valence-electron chi connectivity index (χ4n) is 3.09. The molecule has 3 rings (SSSR count). The summed E-state index contributed by atoms with van der Waals surface area (Å²) in [4.78, 5) is 47.1. The van der Waals surface area contributed by atoms with Crippen molar-refractivity contribution in [1.29, 1.82) is 0 Å². The quantitative estimate of drug-likeness (QED) is 0.665. The monoisotopic (exact) mass is 372 g/mol. The second kappa shape index (κ2) is 8.43. The van der Waals surface area contributed by atoms with Crippen molar-refractivity contribution in [3.8, 4) is 0 Å². The van der Waals surface area contributed by atoms with Crippen molar-refractivity contribution in [3.63, 3.8) is 0 Å². The number of imide groups is 1. The van der Waals surface area contributed by atoms with E-state index in [2.05, 4.69) is 20.8 Å². The fraction of sp³-hybridized carbons (Fsp3) is 0.389. The highest BCUT2D eigenvalue weighted by Gasteiger charge is 2.19. The van der Waals surface area contributed by atoms with Gasteiger partial charge in [0.1, 0.15) is 0 Å². The minimum Gasteiger partial charge on any atom is -0.455 e. The molecule has 27 heavy (non-hydrogen) atoms. The van der Waals surface area contributed by atoms with Crippen LogP contribution in [0.25, 0.3) is 10.8 Å². The Morgan fingerprint density at radius 1 is 1.15 bits per heavy atom. The van der Waals surface area contributed by atoms with E-state index in [1.807, 2.05) is 0 Å². The maximum Gasteiger partial charge on any atom is 0.321 e. The van der Waals surface area contributed by atoms with E-state index in [1.165, 1.54) is 0 Å². The number of hydrogen-bond acceptors (Lipinski definition) is 6. The van der Waals surface area contributed by atoms with E-state index < -0.39 is 24.5 Å². The lowest BCUT2D eigenvalue weighted by atomic mass is 10.1. The first-order chi connectivity index (χ1) is 13.0. The second-order valence-electron chi connectivity index (χ2n) is 6.39. The Hall–Kier alpha value is -3.23. The molecule has 1 saturated carbocycles. The molecule has 9 heteroatoms. The number of carbonyl (C=O) groups is 3. The third-order valence-electron chi connectivity index (χ3n) is 4.39. The molecule has 9 nitrogen and oxygen atoms in total. The minimum absolute atomic E-state index is 0.0833. The summed E-state index contributed by atoms with van der Waals surface area (Å²) < 4.78 is 4.89. The Bertz CT molecular complexity index is 917. The maximum absolute atomic E-state index is 12.0. The van der Waals surface area contributed by atoms with Crippen molar-refractivity contribution in [2.45, 2.75) is 38.1 Å². The second-order valence-corrected chi connectivity index (χ2v) is 6.39. The van der Waals surface area contributed by atoms with E-state index in [9.17, 15) is 19.2 Å². The Kier molecular flexibility index (Phi) is 5.80. The highest BCUT2D eigenvalue weighted by atomic mass is 16.5. The van der Waals surface area contributed by atoms with Crippen LogP contribution in [0.15, 0.2) is 29.1 Å². The molecule has 3 N–H and O–H groups in total.